The summed E-state index contributed by atoms with van der Waals surface area (Å²) < 4.78 is 0. The van der Waals surface area contributed by atoms with Crippen LogP contribution in [-0.2, 0) is 4.79 Å². The number of likely N-dealkylation sites (tertiary alicyclic amines) is 1. The Balaban J connectivity index is 1.68. The number of carbonyl (C=O) groups excluding carboxylic acids is 1. The molecule has 1 aliphatic rings. The second-order valence-electron chi connectivity index (χ2n) is 4.45. The molecule has 1 saturated heterocycles. The van der Waals surface area contributed by atoms with E-state index in [2.05, 4.69) is 17.1 Å². The van der Waals surface area contributed by atoms with Crippen LogP contribution in [0.25, 0.3) is 6.08 Å². The molecule has 2 heterocycles. The number of hydrogen-bond acceptors (Lipinski definition) is 3. The van der Waals surface area contributed by atoms with Gasteiger partial charge in [-0.05, 0) is 18.1 Å². The van der Waals surface area contributed by atoms with Crippen LogP contribution in [0, 0.1) is 0 Å². The zero-order valence-electron chi connectivity index (χ0n) is 10.4. The molecule has 0 bridgehead atoms. The standard InChI is InChI=1S/C15H14N2OS/c18-15(7-6-14-16-9-11-19-14)17-10-8-13(17)12-4-2-1-3-5-12/h1-7,9,11,13H,8,10H2/b7-6+. The zero-order chi connectivity index (χ0) is 13.1. The zero-order valence-corrected chi connectivity index (χ0v) is 11.2. The van der Waals surface area contributed by atoms with Gasteiger partial charge in [0.25, 0.3) is 0 Å². The molecule has 0 spiro atoms. The number of rotatable bonds is 3. The summed E-state index contributed by atoms with van der Waals surface area (Å²) >= 11 is 1.53. The molecule has 19 heavy (non-hydrogen) atoms. The van der Waals surface area contributed by atoms with Crippen molar-refractivity contribution >= 4 is 23.3 Å². The van der Waals surface area contributed by atoms with Crippen LogP contribution < -0.4 is 0 Å². The molecular weight excluding hydrogens is 256 g/mol. The van der Waals surface area contributed by atoms with Gasteiger partial charge in [-0.15, -0.1) is 11.3 Å². The van der Waals surface area contributed by atoms with Crippen molar-refractivity contribution in [3.8, 4) is 0 Å². The quantitative estimate of drug-likeness (QED) is 0.803. The highest BCUT2D eigenvalue weighted by atomic mass is 32.1. The van der Waals surface area contributed by atoms with E-state index in [1.807, 2.05) is 28.5 Å². The molecule has 96 valence electrons. The van der Waals surface area contributed by atoms with Crippen molar-refractivity contribution in [3.05, 3.63) is 58.6 Å². The number of nitrogens with zero attached hydrogens (tertiary/aromatic N) is 2. The molecule has 1 fully saturated rings. The Kier molecular flexibility index (Phi) is 3.42. The van der Waals surface area contributed by atoms with Crippen molar-refractivity contribution in [2.75, 3.05) is 6.54 Å². The van der Waals surface area contributed by atoms with E-state index in [1.165, 1.54) is 16.9 Å². The summed E-state index contributed by atoms with van der Waals surface area (Å²) in [6.07, 6.45) is 6.19. The molecule has 1 unspecified atom stereocenters. The topological polar surface area (TPSA) is 33.2 Å². The lowest BCUT2D eigenvalue weighted by Gasteiger charge is -2.40. The maximum Gasteiger partial charge on any atom is 0.247 e. The predicted octanol–water partition coefficient (Wildman–Crippen LogP) is 3.13. The SMILES string of the molecule is O=C(/C=C/c1nccs1)N1CCC1c1ccccc1. The third-order valence-corrected chi connectivity index (χ3v) is 4.05. The fourth-order valence-corrected chi connectivity index (χ4v) is 2.76. The van der Waals surface area contributed by atoms with Gasteiger partial charge in [-0.2, -0.15) is 0 Å². The lowest BCUT2D eigenvalue weighted by atomic mass is 9.94. The molecular formula is C15H14N2OS. The van der Waals surface area contributed by atoms with Crippen LogP contribution >= 0.6 is 11.3 Å². The number of benzene rings is 1. The Bertz CT molecular complexity index is 577. The van der Waals surface area contributed by atoms with Crippen LogP contribution in [0.3, 0.4) is 0 Å². The molecule has 1 amide bonds. The summed E-state index contributed by atoms with van der Waals surface area (Å²) in [6.45, 7) is 0.834. The van der Waals surface area contributed by atoms with Gasteiger partial charge in [-0.25, -0.2) is 4.98 Å². The van der Waals surface area contributed by atoms with E-state index < -0.39 is 0 Å². The first-order valence-corrected chi connectivity index (χ1v) is 7.16. The molecule has 1 aliphatic heterocycles. The highest BCUT2D eigenvalue weighted by Crippen LogP contribution is 2.33. The van der Waals surface area contributed by atoms with Crippen LogP contribution in [-0.4, -0.2) is 22.3 Å². The van der Waals surface area contributed by atoms with Crippen LogP contribution in [0.2, 0.25) is 0 Å². The van der Waals surface area contributed by atoms with E-state index in [4.69, 9.17) is 0 Å². The Morgan fingerprint density at radius 3 is 2.84 bits per heavy atom. The summed E-state index contributed by atoms with van der Waals surface area (Å²) in [7, 11) is 0. The minimum atomic E-state index is 0.0651. The number of carbonyl (C=O) groups is 1. The highest BCUT2D eigenvalue weighted by molar-refractivity contribution is 7.10. The van der Waals surface area contributed by atoms with Crippen molar-refractivity contribution in [2.45, 2.75) is 12.5 Å². The molecule has 1 atom stereocenters. The van der Waals surface area contributed by atoms with E-state index in [-0.39, 0.29) is 11.9 Å². The van der Waals surface area contributed by atoms with Crippen molar-refractivity contribution < 1.29 is 4.79 Å². The Labute approximate surface area is 116 Å². The largest absolute Gasteiger partial charge is 0.332 e. The summed E-state index contributed by atoms with van der Waals surface area (Å²) in [5, 5.41) is 2.77. The molecule has 3 nitrogen and oxygen atoms in total. The second-order valence-corrected chi connectivity index (χ2v) is 5.38. The van der Waals surface area contributed by atoms with Crippen LogP contribution in [0.5, 0.6) is 0 Å². The van der Waals surface area contributed by atoms with Crippen LogP contribution in [0.1, 0.15) is 23.0 Å². The minimum Gasteiger partial charge on any atom is -0.332 e. The fourth-order valence-electron chi connectivity index (χ4n) is 2.23. The summed E-state index contributed by atoms with van der Waals surface area (Å²) in [6, 6.07) is 10.4. The molecule has 0 N–H and O–H groups in total. The Hall–Kier alpha value is -1.94. The molecule has 0 aliphatic carbocycles. The first-order chi connectivity index (χ1) is 9.34. The summed E-state index contributed by atoms with van der Waals surface area (Å²) in [5.41, 5.74) is 1.21. The smallest absolute Gasteiger partial charge is 0.247 e. The number of aromatic nitrogens is 1. The maximum absolute atomic E-state index is 12.1. The van der Waals surface area contributed by atoms with E-state index in [1.54, 1.807) is 18.3 Å². The number of thiazole rings is 1. The normalized spacial score (nSPS) is 18.5. The van der Waals surface area contributed by atoms with Gasteiger partial charge in [-0.3, -0.25) is 4.79 Å². The van der Waals surface area contributed by atoms with Crippen molar-refractivity contribution in [1.29, 1.82) is 0 Å². The molecule has 1 aromatic heterocycles. The van der Waals surface area contributed by atoms with E-state index >= 15 is 0 Å². The predicted molar refractivity (Wildman–Crippen MR) is 76.7 cm³/mol. The fraction of sp³-hybridized carbons (Fsp3) is 0.200. The lowest BCUT2D eigenvalue weighted by molar-refractivity contribution is -0.133. The van der Waals surface area contributed by atoms with E-state index in [0.29, 0.717) is 0 Å². The maximum atomic E-state index is 12.1. The average Bonchev–Trinajstić information content (AvgIpc) is 2.89. The van der Waals surface area contributed by atoms with Gasteiger partial charge >= 0.3 is 0 Å². The van der Waals surface area contributed by atoms with E-state index in [9.17, 15) is 4.79 Å². The lowest BCUT2D eigenvalue weighted by Crippen LogP contribution is -2.44. The molecule has 2 aromatic rings. The van der Waals surface area contributed by atoms with Gasteiger partial charge < -0.3 is 4.90 Å². The first kappa shape index (κ1) is 12.1. The third-order valence-electron chi connectivity index (χ3n) is 3.31. The molecule has 3 rings (SSSR count). The Morgan fingerprint density at radius 1 is 1.37 bits per heavy atom. The highest BCUT2D eigenvalue weighted by Gasteiger charge is 2.31. The van der Waals surface area contributed by atoms with Gasteiger partial charge in [0.05, 0.1) is 6.04 Å². The Morgan fingerprint density at radius 2 is 2.21 bits per heavy atom. The van der Waals surface area contributed by atoms with Gasteiger partial charge in [0.15, 0.2) is 0 Å². The van der Waals surface area contributed by atoms with Gasteiger partial charge in [0.1, 0.15) is 5.01 Å². The second kappa shape index (κ2) is 5.36. The summed E-state index contributed by atoms with van der Waals surface area (Å²) in [5.74, 6) is 0.0651. The number of amides is 1. The minimum absolute atomic E-state index is 0.0651. The van der Waals surface area contributed by atoms with Crippen molar-refractivity contribution in [2.24, 2.45) is 0 Å². The van der Waals surface area contributed by atoms with Crippen molar-refractivity contribution in [3.63, 3.8) is 0 Å². The van der Waals surface area contributed by atoms with Gasteiger partial charge in [0.2, 0.25) is 5.91 Å². The molecule has 4 heteroatoms. The van der Waals surface area contributed by atoms with Crippen molar-refractivity contribution in [1.82, 2.24) is 9.88 Å². The first-order valence-electron chi connectivity index (χ1n) is 6.28. The summed E-state index contributed by atoms with van der Waals surface area (Å²) in [4.78, 5) is 18.2. The van der Waals surface area contributed by atoms with E-state index in [0.717, 1.165) is 18.0 Å². The molecule has 1 aromatic carbocycles. The van der Waals surface area contributed by atoms with Crippen LogP contribution in [0.15, 0.2) is 48.0 Å². The molecule has 0 saturated carbocycles. The third kappa shape index (κ3) is 2.58. The van der Waals surface area contributed by atoms with Gasteiger partial charge in [-0.1, -0.05) is 30.3 Å². The number of hydrogen-bond donors (Lipinski definition) is 0. The average molecular weight is 270 g/mol. The van der Waals surface area contributed by atoms with Gasteiger partial charge in [0, 0.05) is 24.2 Å². The molecule has 0 radical (unpaired) electrons. The monoisotopic (exact) mass is 270 g/mol. The van der Waals surface area contributed by atoms with Crippen LogP contribution in [0.4, 0.5) is 0 Å².